The van der Waals surface area contributed by atoms with Crippen LogP contribution in [0.4, 0.5) is 0 Å². The summed E-state index contributed by atoms with van der Waals surface area (Å²) in [6, 6.07) is 0.0952. The molecular weight excluding hydrogens is 460 g/mol. The highest BCUT2D eigenvalue weighted by atomic mass is 16.3. The van der Waals surface area contributed by atoms with Gasteiger partial charge in [0, 0.05) is 23.5 Å². The summed E-state index contributed by atoms with van der Waals surface area (Å²) in [5, 5.41) is 39.0. The largest absolute Gasteiger partial charge is 0.806 e. The van der Waals surface area contributed by atoms with Gasteiger partial charge in [0.25, 0.3) is 0 Å². The van der Waals surface area contributed by atoms with E-state index >= 15 is 5.11 Å². The van der Waals surface area contributed by atoms with Gasteiger partial charge < -0.3 is 19.8 Å². The summed E-state index contributed by atoms with van der Waals surface area (Å²) in [4.78, 5) is 2.68. The molecule has 1 aliphatic carbocycles. The Hall–Kier alpha value is -0.980. The van der Waals surface area contributed by atoms with E-state index in [4.69, 9.17) is 0 Å². The number of hydrogen-bond donors (Lipinski definition) is 2. The lowest BCUT2D eigenvalue weighted by Crippen LogP contribution is -2.77. The molecule has 9 atom stereocenters. The Balaban J connectivity index is 1.48. The molecule has 0 aromatic carbocycles. The maximum atomic E-state index is 15.1. The van der Waals surface area contributed by atoms with Crippen LogP contribution in [0.2, 0.25) is 0 Å². The number of aliphatic hydroxyl groups is 2. The molecule has 5 saturated heterocycles. The van der Waals surface area contributed by atoms with Crippen molar-refractivity contribution in [1.82, 2.24) is 4.90 Å². The van der Waals surface area contributed by atoms with Gasteiger partial charge in [-0.25, -0.2) is 0 Å². The second kappa shape index (κ2) is 10.5. The molecule has 7 aliphatic rings. The fraction of sp³-hybridized carbons (Fsp3) is 0.812. The van der Waals surface area contributed by atoms with Crippen LogP contribution in [-0.4, -0.2) is 75.8 Å². The van der Waals surface area contributed by atoms with Crippen LogP contribution in [0.3, 0.4) is 0 Å². The molecule has 3 spiro atoms. The lowest BCUT2D eigenvalue weighted by molar-refractivity contribution is -1.04. The topological polar surface area (TPSA) is 66.8 Å². The van der Waals surface area contributed by atoms with E-state index < -0.39 is 24.0 Å². The summed E-state index contributed by atoms with van der Waals surface area (Å²) in [6.45, 7) is 3.87. The van der Waals surface area contributed by atoms with E-state index in [1.165, 1.54) is 44.9 Å². The first-order valence-corrected chi connectivity index (χ1v) is 15.7. The predicted molar refractivity (Wildman–Crippen MR) is 145 cm³/mol. The molecule has 0 amide bonds. The average molecular weight is 511 g/mol. The van der Waals surface area contributed by atoms with E-state index in [1.807, 2.05) is 12.2 Å². The monoisotopic (exact) mass is 510 g/mol. The normalized spacial score (nSPS) is 50.8. The van der Waals surface area contributed by atoms with Gasteiger partial charge in [0.2, 0.25) is 0 Å². The highest BCUT2D eigenvalue weighted by Gasteiger charge is 2.86. The van der Waals surface area contributed by atoms with Crippen molar-refractivity contribution < 1.29 is 19.8 Å². The Morgan fingerprint density at radius 1 is 0.865 bits per heavy atom. The zero-order chi connectivity index (χ0) is 25.5. The van der Waals surface area contributed by atoms with Gasteiger partial charge in [0.05, 0.1) is 19.1 Å². The number of hydrogen-bond acceptors (Lipinski definition) is 4. The highest BCUT2D eigenvalue weighted by molar-refractivity contribution is 5.28. The van der Waals surface area contributed by atoms with Crippen molar-refractivity contribution in [3.63, 3.8) is 0 Å². The molecule has 0 aromatic heterocycles. The first kappa shape index (κ1) is 26.3. The summed E-state index contributed by atoms with van der Waals surface area (Å²) in [5.74, 6) is 0.852. The van der Waals surface area contributed by atoms with Crippen LogP contribution in [0.1, 0.15) is 89.9 Å². The molecule has 2 N–H and O–H groups in total. The Morgan fingerprint density at radius 2 is 1.65 bits per heavy atom. The molecule has 6 bridgehead atoms. The van der Waals surface area contributed by atoms with E-state index in [-0.39, 0.29) is 11.5 Å². The summed E-state index contributed by atoms with van der Waals surface area (Å²) in [7, 11) is 0. The van der Waals surface area contributed by atoms with Crippen molar-refractivity contribution >= 4 is 0 Å². The lowest BCUT2D eigenvalue weighted by atomic mass is 9.52. The van der Waals surface area contributed by atoms with Gasteiger partial charge >= 0.3 is 0 Å². The molecule has 37 heavy (non-hydrogen) atoms. The Bertz CT molecular complexity index is 902. The number of rotatable bonds is 0. The molecule has 0 radical (unpaired) electrons. The van der Waals surface area contributed by atoms with Gasteiger partial charge in [-0.2, -0.15) is 0 Å². The minimum Gasteiger partial charge on any atom is -0.806 e. The molecule has 6 heterocycles. The molecule has 6 fully saturated rings. The van der Waals surface area contributed by atoms with Crippen LogP contribution in [0.25, 0.3) is 0 Å². The number of allylic oxidation sites excluding steroid dienone is 5. The first-order valence-electron chi connectivity index (χ1n) is 15.7. The Labute approximate surface area is 224 Å². The SMILES string of the molecule is [O-]C1C23CCCCCCCCCCN4CCC5C(C2)C[N+]12CCC/C=C\CC=C/C=C/[C@H](O)[C@@H](O)C52C43. The third-order valence-corrected chi connectivity index (χ3v) is 11.7. The van der Waals surface area contributed by atoms with Gasteiger partial charge in [0.15, 0.2) is 0 Å². The molecule has 7 unspecified atom stereocenters. The molecular formula is C32H50N2O3. The minimum atomic E-state index is -0.937. The second-order valence-corrected chi connectivity index (χ2v) is 13.4. The van der Waals surface area contributed by atoms with Crippen LogP contribution in [0.15, 0.2) is 36.5 Å². The van der Waals surface area contributed by atoms with Gasteiger partial charge in [-0.15, -0.1) is 0 Å². The van der Waals surface area contributed by atoms with Crippen molar-refractivity contribution in [2.75, 3.05) is 26.2 Å². The summed E-state index contributed by atoms with van der Waals surface area (Å²) in [6.07, 6.45) is 25.8. The number of piperidine rings is 2. The van der Waals surface area contributed by atoms with Crippen molar-refractivity contribution in [2.24, 2.45) is 17.3 Å². The lowest BCUT2D eigenvalue weighted by Gasteiger charge is -2.59. The molecule has 6 aliphatic heterocycles. The third kappa shape index (κ3) is 3.89. The van der Waals surface area contributed by atoms with Crippen LogP contribution < -0.4 is 5.11 Å². The number of quaternary nitrogens is 1. The van der Waals surface area contributed by atoms with E-state index in [0.717, 1.165) is 71.1 Å². The van der Waals surface area contributed by atoms with E-state index in [9.17, 15) is 10.2 Å². The predicted octanol–water partition coefficient (Wildman–Crippen LogP) is 4.05. The van der Waals surface area contributed by atoms with E-state index in [0.29, 0.717) is 16.3 Å². The van der Waals surface area contributed by atoms with Crippen LogP contribution >= 0.6 is 0 Å². The van der Waals surface area contributed by atoms with Gasteiger partial charge in [0.1, 0.15) is 17.7 Å². The summed E-state index contributed by atoms with van der Waals surface area (Å²) < 4.78 is 0.527. The number of aliphatic hydroxyl groups excluding tert-OH is 2. The van der Waals surface area contributed by atoms with Gasteiger partial charge in [-0.3, -0.25) is 4.90 Å². The van der Waals surface area contributed by atoms with Gasteiger partial charge in [-0.1, -0.05) is 81.4 Å². The van der Waals surface area contributed by atoms with Crippen LogP contribution in [-0.2, 0) is 0 Å². The Morgan fingerprint density at radius 3 is 2.49 bits per heavy atom. The third-order valence-electron chi connectivity index (χ3n) is 11.7. The van der Waals surface area contributed by atoms with Gasteiger partial charge in [-0.05, 0) is 58.0 Å². The molecule has 206 valence electrons. The number of nitrogens with zero attached hydrogens (tertiary/aromatic N) is 2. The summed E-state index contributed by atoms with van der Waals surface area (Å²) >= 11 is 0. The Kier molecular flexibility index (Phi) is 7.48. The average Bonchev–Trinajstić information content (AvgIpc) is 3.19. The quantitative estimate of drug-likeness (QED) is 0.381. The fourth-order valence-electron chi connectivity index (χ4n) is 10.7. The highest BCUT2D eigenvalue weighted by Crippen LogP contribution is 2.73. The zero-order valence-electron chi connectivity index (χ0n) is 22.9. The van der Waals surface area contributed by atoms with Crippen molar-refractivity contribution in [1.29, 1.82) is 0 Å². The maximum Gasteiger partial charge on any atom is 0.147 e. The standard InChI is InChI=1S/C32H50N2O3/c35-27-17-13-9-5-1-4-8-12-16-22-34-24-25-23-31(30(34)37)19-14-10-6-2-3-7-11-15-20-33-21-18-26(25)32(34,28(27)36)29(31)33/h4-5,8-9,13,17,25-30,35-36H,1-3,6-7,10-12,14-16,18-24H2/b8-4-,9-5?,17-13+/t25?,26?,27-,28+,29?,30?,31?,32?,34?/m0/s1. The van der Waals surface area contributed by atoms with Crippen LogP contribution in [0, 0.1) is 17.3 Å². The maximum absolute atomic E-state index is 15.1. The minimum absolute atomic E-state index is 0.0952. The van der Waals surface area contributed by atoms with Crippen molar-refractivity contribution in [3.05, 3.63) is 36.5 Å². The molecule has 5 heteroatoms. The molecule has 7 rings (SSSR count). The van der Waals surface area contributed by atoms with Crippen LogP contribution in [0.5, 0.6) is 0 Å². The molecule has 0 aromatic rings. The zero-order valence-corrected chi connectivity index (χ0v) is 22.9. The molecule has 1 saturated carbocycles. The van der Waals surface area contributed by atoms with E-state index in [2.05, 4.69) is 23.1 Å². The fourth-order valence-corrected chi connectivity index (χ4v) is 10.7. The second-order valence-electron chi connectivity index (χ2n) is 13.4. The first-order chi connectivity index (χ1) is 18.1. The van der Waals surface area contributed by atoms with E-state index in [1.54, 1.807) is 6.08 Å². The van der Waals surface area contributed by atoms with Crippen molar-refractivity contribution in [3.8, 4) is 0 Å². The smallest absolute Gasteiger partial charge is 0.147 e. The summed E-state index contributed by atoms with van der Waals surface area (Å²) in [5.41, 5.74) is -0.822. The van der Waals surface area contributed by atoms with Crippen molar-refractivity contribution in [2.45, 2.75) is 120 Å². The molecule has 5 nitrogen and oxygen atoms in total.